The van der Waals surface area contributed by atoms with E-state index in [1.165, 1.54) is 4.90 Å². The standard InChI is InChI=1S/C17H25N3O2/c1-6-17(13-8-7-11(2)12(3)9-13)14(21)20(15(22)19-17)10-16(4,5)18/h7-9H,6,10,18H2,1-5H3,(H,19,22). The van der Waals surface area contributed by atoms with Crippen molar-refractivity contribution in [2.24, 2.45) is 5.73 Å². The molecule has 1 aliphatic rings. The molecule has 1 unspecified atom stereocenters. The highest BCUT2D eigenvalue weighted by Crippen LogP contribution is 2.33. The molecule has 1 aromatic rings. The maximum Gasteiger partial charge on any atom is 0.325 e. The molecular formula is C17H25N3O2. The molecule has 1 aromatic carbocycles. The van der Waals surface area contributed by atoms with Gasteiger partial charge in [-0.15, -0.1) is 0 Å². The van der Waals surface area contributed by atoms with E-state index in [0.29, 0.717) is 6.42 Å². The number of imide groups is 1. The van der Waals surface area contributed by atoms with Gasteiger partial charge in [-0.1, -0.05) is 25.1 Å². The van der Waals surface area contributed by atoms with Crippen molar-refractivity contribution < 1.29 is 9.59 Å². The second kappa shape index (κ2) is 5.39. The molecule has 0 aliphatic carbocycles. The lowest BCUT2D eigenvalue weighted by Gasteiger charge is -2.28. The summed E-state index contributed by atoms with van der Waals surface area (Å²) in [7, 11) is 0. The Morgan fingerprint density at radius 1 is 1.23 bits per heavy atom. The van der Waals surface area contributed by atoms with E-state index in [1.807, 2.05) is 39.0 Å². The van der Waals surface area contributed by atoms with Gasteiger partial charge >= 0.3 is 6.03 Å². The van der Waals surface area contributed by atoms with Gasteiger partial charge in [0.05, 0.1) is 0 Å². The lowest BCUT2D eigenvalue weighted by Crippen LogP contribution is -2.49. The van der Waals surface area contributed by atoms with Gasteiger partial charge in [-0.05, 0) is 50.8 Å². The van der Waals surface area contributed by atoms with Gasteiger partial charge in [-0.25, -0.2) is 4.79 Å². The van der Waals surface area contributed by atoms with Crippen LogP contribution in [0.15, 0.2) is 18.2 Å². The lowest BCUT2D eigenvalue weighted by atomic mass is 9.85. The quantitative estimate of drug-likeness (QED) is 0.837. The summed E-state index contributed by atoms with van der Waals surface area (Å²) in [6.45, 7) is 9.74. The molecule has 0 radical (unpaired) electrons. The molecule has 3 N–H and O–H groups in total. The fraction of sp³-hybridized carbons (Fsp3) is 0.529. The first kappa shape index (κ1) is 16.5. The molecule has 22 heavy (non-hydrogen) atoms. The molecule has 1 fully saturated rings. The number of hydrogen-bond donors (Lipinski definition) is 2. The van der Waals surface area contributed by atoms with Gasteiger partial charge in [-0.2, -0.15) is 0 Å². The zero-order valence-electron chi connectivity index (χ0n) is 14.0. The Labute approximate surface area is 131 Å². The molecule has 0 bridgehead atoms. The summed E-state index contributed by atoms with van der Waals surface area (Å²) in [6.07, 6.45) is 0.502. The summed E-state index contributed by atoms with van der Waals surface area (Å²) in [6, 6.07) is 5.51. The maximum atomic E-state index is 12.9. The van der Waals surface area contributed by atoms with Crippen LogP contribution in [0.2, 0.25) is 0 Å². The Morgan fingerprint density at radius 3 is 2.36 bits per heavy atom. The predicted molar refractivity (Wildman–Crippen MR) is 86.4 cm³/mol. The van der Waals surface area contributed by atoms with Crippen molar-refractivity contribution in [1.29, 1.82) is 0 Å². The summed E-state index contributed by atoms with van der Waals surface area (Å²) in [5.41, 5.74) is 7.46. The average molecular weight is 303 g/mol. The molecule has 2 rings (SSSR count). The van der Waals surface area contributed by atoms with E-state index < -0.39 is 11.1 Å². The van der Waals surface area contributed by atoms with Crippen molar-refractivity contribution >= 4 is 11.9 Å². The SMILES string of the molecule is CCC1(c2ccc(C)c(C)c2)NC(=O)N(CC(C)(C)N)C1=O. The summed E-state index contributed by atoms with van der Waals surface area (Å²) < 4.78 is 0. The number of nitrogens with two attached hydrogens (primary N) is 1. The van der Waals surface area contributed by atoms with Gasteiger partial charge in [0.15, 0.2) is 0 Å². The molecule has 5 nitrogen and oxygen atoms in total. The number of rotatable bonds is 4. The van der Waals surface area contributed by atoms with Gasteiger partial charge in [0.2, 0.25) is 0 Å². The van der Waals surface area contributed by atoms with Crippen LogP contribution >= 0.6 is 0 Å². The Hall–Kier alpha value is -1.88. The zero-order valence-corrected chi connectivity index (χ0v) is 14.0. The van der Waals surface area contributed by atoms with E-state index >= 15 is 0 Å². The third-order valence-corrected chi connectivity index (χ3v) is 4.27. The largest absolute Gasteiger partial charge is 0.325 e. The molecule has 3 amide bonds. The molecule has 1 aliphatic heterocycles. The van der Waals surface area contributed by atoms with E-state index in [0.717, 1.165) is 16.7 Å². The van der Waals surface area contributed by atoms with Crippen LogP contribution in [0.1, 0.15) is 43.9 Å². The topological polar surface area (TPSA) is 75.4 Å². The van der Waals surface area contributed by atoms with E-state index in [2.05, 4.69) is 5.32 Å². The van der Waals surface area contributed by atoms with Gasteiger partial charge in [0.1, 0.15) is 5.54 Å². The highest BCUT2D eigenvalue weighted by Gasteiger charge is 2.51. The van der Waals surface area contributed by atoms with Crippen LogP contribution in [-0.4, -0.2) is 28.9 Å². The smallest absolute Gasteiger partial charge is 0.324 e. The van der Waals surface area contributed by atoms with Crippen LogP contribution in [0.4, 0.5) is 4.79 Å². The first-order chi connectivity index (χ1) is 10.1. The van der Waals surface area contributed by atoms with Gasteiger partial charge in [0, 0.05) is 12.1 Å². The molecule has 1 saturated heterocycles. The second-order valence-corrected chi connectivity index (χ2v) is 6.87. The highest BCUT2D eigenvalue weighted by molar-refractivity contribution is 6.07. The summed E-state index contributed by atoms with van der Waals surface area (Å²) in [5, 5.41) is 2.88. The number of aryl methyl sites for hydroxylation is 2. The van der Waals surface area contributed by atoms with Crippen LogP contribution in [0.5, 0.6) is 0 Å². The lowest BCUT2D eigenvalue weighted by molar-refractivity contribution is -0.132. The highest BCUT2D eigenvalue weighted by atomic mass is 16.2. The van der Waals surface area contributed by atoms with Crippen molar-refractivity contribution in [1.82, 2.24) is 10.2 Å². The average Bonchev–Trinajstić information content (AvgIpc) is 2.65. The number of carbonyl (C=O) groups is 2. The number of hydrogen-bond acceptors (Lipinski definition) is 3. The monoisotopic (exact) mass is 303 g/mol. The van der Waals surface area contributed by atoms with Crippen molar-refractivity contribution in [2.75, 3.05) is 6.54 Å². The van der Waals surface area contributed by atoms with E-state index in [9.17, 15) is 9.59 Å². The van der Waals surface area contributed by atoms with Crippen LogP contribution in [0.3, 0.4) is 0 Å². The van der Waals surface area contributed by atoms with Crippen molar-refractivity contribution in [3.63, 3.8) is 0 Å². The van der Waals surface area contributed by atoms with Crippen molar-refractivity contribution in [3.8, 4) is 0 Å². The van der Waals surface area contributed by atoms with Gasteiger partial charge in [0.25, 0.3) is 5.91 Å². The Kier molecular flexibility index (Phi) is 4.04. The first-order valence-electron chi connectivity index (χ1n) is 7.61. The normalized spacial score (nSPS) is 22.2. The Morgan fingerprint density at radius 2 is 1.86 bits per heavy atom. The maximum absolute atomic E-state index is 12.9. The third-order valence-electron chi connectivity index (χ3n) is 4.27. The fourth-order valence-corrected chi connectivity index (χ4v) is 2.82. The van der Waals surface area contributed by atoms with Crippen molar-refractivity contribution in [2.45, 2.75) is 52.1 Å². The fourth-order valence-electron chi connectivity index (χ4n) is 2.82. The summed E-state index contributed by atoms with van der Waals surface area (Å²) >= 11 is 0. The number of urea groups is 1. The minimum atomic E-state index is -0.985. The zero-order chi connectivity index (χ0) is 16.7. The van der Waals surface area contributed by atoms with Gasteiger partial charge in [-0.3, -0.25) is 9.69 Å². The van der Waals surface area contributed by atoms with Crippen LogP contribution < -0.4 is 11.1 Å². The Balaban J connectivity index is 2.44. The molecule has 5 heteroatoms. The van der Waals surface area contributed by atoms with E-state index in [1.54, 1.807) is 13.8 Å². The molecule has 0 spiro atoms. The summed E-state index contributed by atoms with van der Waals surface area (Å²) in [4.78, 5) is 26.5. The number of nitrogens with zero attached hydrogens (tertiary/aromatic N) is 1. The second-order valence-electron chi connectivity index (χ2n) is 6.87. The summed E-state index contributed by atoms with van der Waals surface area (Å²) in [5.74, 6) is -0.221. The minimum Gasteiger partial charge on any atom is -0.324 e. The van der Waals surface area contributed by atoms with Crippen LogP contribution in [0.25, 0.3) is 0 Å². The number of amides is 3. The van der Waals surface area contributed by atoms with Gasteiger partial charge < -0.3 is 11.1 Å². The predicted octanol–water partition coefficient (Wildman–Crippen LogP) is 2.20. The number of carbonyl (C=O) groups excluding carboxylic acids is 2. The van der Waals surface area contributed by atoms with E-state index in [4.69, 9.17) is 5.73 Å². The van der Waals surface area contributed by atoms with Crippen molar-refractivity contribution in [3.05, 3.63) is 34.9 Å². The van der Waals surface area contributed by atoms with Crippen LogP contribution in [-0.2, 0) is 10.3 Å². The molecular weight excluding hydrogens is 278 g/mol. The molecule has 120 valence electrons. The first-order valence-corrected chi connectivity index (χ1v) is 7.61. The number of benzene rings is 1. The number of nitrogens with one attached hydrogen (secondary N) is 1. The minimum absolute atomic E-state index is 0.199. The molecule has 0 aromatic heterocycles. The van der Waals surface area contributed by atoms with E-state index in [-0.39, 0.29) is 18.5 Å². The molecule has 1 atom stereocenters. The Bertz CT molecular complexity index is 619. The molecule has 1 heterocycles. The molecule has 0 saturated carbocycles. The van der Waals surface area contributed by atoms with Crippen LogP contribution in [0, 0.1) is 13.8 Å². The third kappa shape index (κ3) is 2.73.